The van der Waals surface area contributed by atoms with Gasteiger partial charge in [0.15, 0.2) is 5.76 Å². The second-order valence-corrected chi connectivity index (χ2v) is 2.45. The zero-order valence-electron chi connectivity index (χ0n) is 7.10. The van der Waals surface area contributed by atoms with E-state index >= 15 is 0 Å². The molecule has 0 unspecified atom stereocenters. The minimum Gasteiger partial charge on any atom is -0.479 e. The molecule has 0 amide bonds. The highest BCUT2D eigenvalue weighted by Gasteiger charge is 2.06. The molecular weight excluding hydrogens is 168 g/mol. The van der Waals surface area contributed by atoms with Gasteiger partial charge in [-0.05, 0) is 17.3 Å². The maximum atomic E-state index is 5.00. The predicted molar refractivity (Wildman–Crippen MR) is 46.3 cm³/mol. The average molecular weight is 176 g/mol. The van der Waals surface area contributed by atoms with Gasteiger partial charge in [-0.1, -0.05) is 6.07 Å². The number of methoxy groups -OCH3 is 1. The van der Waals surface area contributed by atoms with Crippen LogP contribution in [0.5, 0.6) is 5.88 Å². The number of aromatic nitrogens is 2. The van der Waals surface area contributed by atoms with E-state index in [1.54, 1.807) is 19.4 Å². The van der Waals surface area contributed by atoms with Crippen LogP contribution in [0.2, 0.25) is 0 Å². The van der Waals surface area contributed by atoms with E-state index in [0.29, 0.717) is 11.6 Å². The number of nitrogens with zero attached hydrogens (tertiary/aromatic N) is 2. The fourth-order valence-corrected chi connectivity index (χ4v) is 0.984. The Kier molecular flexibility index (Phi) is 1.96. The van der Waals surface area contributed by atoms with Crippen molar-refractivity contribution in [3.63, 3.8) is 0 Å². The van der Waals surface area contributed by atoms with Gasteiger partial charge in [0, 0.05) is 6.20 Å². The topological polar surface area (TPSA) is 48.2 Å². The van der Waals surface area contributed by atoms with Crippen LogP contribution in [0.4, 0.5) is 0 Å². The summed E-state index contributed by atoms with van der Waals surface area (Å²) < 4.78 is 9.89. The van der Waals surface area contributed by atoms with Crippen LogP contribution in [-0.4, -0.2) is 17.3 Å². The van der Waals surface area contributed by atoms with Crippen LogP contribution in [0.15, 0.2) is 35.0 Å². The fourth-order valence-electron chi connectivity index (χ4n) is 0.984. The first kappa shape index (κ1) is 7.79. The highest BCUT2D eigenvalue weighted by Crippen LogP contribution is 2.20. The molecule has 13 heavy (non-hydrogen) atoms. The summed E-state index contributed by atoms with van der Waals surface area (Å²) in [5, 5.41) is 3.67. The number of hydrogen-bond acceptors (Lipinski definition) is 4. The van der Waals surface area contributed by atoms with Crippen molar-refractivity contribution < 1.29 is 9.26 Å². The lowest BCUT2D eigenvalue weighted by Crippen LogP contribution is -1.79. The largest absolute Gasteiger partial charge is 0.479 e. The molecule has 0 bridgehead atoms. The summed E-state index contributed by atoms with van der Waals surface area (Å²) in [7, 11) is 1.54. The lowest BCUT2D eigenvalue weighted by atomic mass is 10.3. The Labute approximate surface area is 75.2 Å². The first-order valence-electron chi connectivity index (χ1n) is 3.82. The number of rotatable bonds is 2. The van der Waals surface area contributed by atoms with Gasteiger partial charge in [0.2, 0.25) is 0 Å². The number of hydrogen-bond donors (Lipinski definition) is 0. The maximum absolute atomic E-state index is 5.00. The third-order valence-electron chi connectivity index (χ3n) is 1.62. The Hall–Kier alpha value is -1.84. The molecule has 0 aliphatic carbocycles. The van der Waals surface area contributed by atoms with Gasteiger partial charge in [0.1, 0.15) is 5.69 Å². The molecule has 2 aromatic rings. The van der Waals surface area contributed by atoms with Crippen molar-refractivity contribution in [2.24, 2.45) is 0 Å². The zero-order valence-corrected chi connectivity index (χ0v) is 7.10. The Morgan fingerprint density at radius 1 is 1.38 bits per heavy atom. The molecule has 4 nitrogen and oxygen atoms in total. The summed E-state index contributed by atoms with van der Waals surface area (Å²) in [6.45, 7) is 0. The normalized spacial score (nSPS) is 9.92. The average Bonchev–Trinajstić information content (AvgIpc) is 2.67. The monoisotopic (exact) mass is 176 g/mol. The van der Waals surface area contributed by atoms with Crippen LogP contribution in [0.1, 0.15) is 0 Å². The van der Waals surface area contributed by atoms with Crippen molar-refractivity contribution >= 4 is 0 Å². The standard InChI is InChI=1S/C9H8N2O2/c1-12-9-6-8(13-11-9)7-4-2-3-5-10-7/h2-6H,1H3. The van der Waals surface area contributed by atoms with Gasteiger partial charge >= 0.3 is 0 Å². The van der Waals surface area contributed by atoms with E-state index in [1.165, 1.54) is 0 Å². The molecule has 0 radical (unpaired) electrons. The lowest BCUT2D eigenvalue weighted by Gasteiger charge is -1.90. The van der Waals surface area contributed by atoms with E-state index < -0.39 is 0 Å². The molecule has 0 N–H and O–H groups in total. The SMILES string of the molecule is COc1cc(-c2ccccn2)on1. The Morgan fingerprint density at radius 2 is 2.31 bits per heavy atom. The highest BCUT2D eigenvalue weighted by atomic mass is 16.5. The van der Waals surface area contributed by atoms with E-state index in [0.717, 1.165) is 5.69 Å². The molecule has 0 aliphatic rings. The van der Waals surface area contributed by atoms with Crippen LogP contribution < -0.4 is 4.74 Å². The van der Waals surface area contributed by atoms with Crippen LogP contribution in [0, 0.1) is 0 Å². The fraction of sp³-hybridized carbons (Fsp3) is 0.111. The van der Waals surface area contributed by atoms with E-state index in [2.05, 4.69) is 10.1 Å². The first-order valence-corrected chi connectivity index (χ1v) is 3.82. The van der Waals surface area contributed by atoms with Crippen molar-refractivity contribution in [1.82, 2.24) is 10.1 Å². The van der Waals surface area contributed by atoms with Gasteiger partial charge in [-0.15, -0.1) is 0 Å². The van der Waals surface area contributed by atoms with Crippen LogP contribution in [0.25, 0.3) is 11.5 Å². The van der Waals surface area contributed by atoms with Crippen molar-refractivity contribution in [1.29, 1.82) is 0 Å². The van der Waals surface area contributed by atoms with Gasteiger partial charge in [-0.3, -0.25) is 4.98 Å². The molecule has 0 aliphatic heterocycles. The van der Waals surface area contributed by atoms with Crippen LogP contribution in [0.3, 0.4) is 0 Å². The number of pyridine rings is 1. The summed E-state index contributed by atoms with van der Waals surface area (Å²) in [4.78, 5) is 4.11. The second kappa shape index (κ2) is 3.26. The Bertz CT molecular complexity index is 384. The summed E-state index contributed by atoms with van der Waals surface area (Å²) in [5.74, 6) is 1.07. The minimum atomic E-state index is 0.459. The van der Waals surface area contributed by atoms with Crippen molar-refractivity contribution in [2.75, 3.05) is 7.11 Å². The Balaban J connectivity index is 2.36. The van der Waals surface area contributed by atoms with Gasteiger partial charge in [-0.2, -0.15) is 0 Å². The van der Waals surface area contributed by atoms with Gasteiger partial charge in [0.25, 0.3) is 5.88 Å². The lowest BCUT2D eigenvalue weighted by molar-refractivity contribution is 0.342. The molecule has 4 heteroatoms. The second-order valence-electron chi connectivity index (χ2n) is 2.45. The molecule has 66 valence electrons. The van der Waals surface area contributed by atoms with E-state index in [1.807, 2.05) is 18.2 Å². The van der Waals surface area contributed by atoms with Crippen LogP contribution in [-0.2, 0) is 0 Å². The van der Waals surface area contributed by atoms with E-state index in [-0.39, 0.29) is 0 Å². The molecule has 2 aromatic heterocycles. The molecule has 2 rings (SSSR count). The Morgan fingerprint density at radius 3 is 2.92 bits per heavy atom. The maximum Gasteiger partial charge on any atom is 0.254 e. The zero-order chi connectivity index (χ0) is 9.10. The molecule has 0 atom stereocenters. The quantitative estimate of drug-likeness (QED) is 0.699. The molecule has 0 aromatic carbocycles. The third kappa shape index (κ3) is 1.51. The molecular formula is C9H8N2O2. The van der Waals surface area contributed by atoms with Crippen molar-refractivity contribution in [3.05, 3.63) is 30.5 Å². The van der Waals surface area contributed by atoms with Gasteiger partial charge in [0.05, 0.1) is 13.2 Å². The molecule has 0 fully saturated rings. The molecule has 0 saturated carbocycles. The minimum absolute atomic E-state index is 0.459. The molecule has 2 heterocycles. The summed E-state index contributed by atoms with van der Waals surface area (Å²) in [5.41, 5.74) is 0.748. The third-order valence-corrected chi connectivity index (χ3v) is 1.62. The molecule has 0 saturated heterocycles. The van der Waals surface area contributed by atoms with E-state index in [9.17, 15) is 0 Å². The van der Waals surface area contributed by atoms with Crippen LogP contribution >= 0.6 is 0 Å². The van der Waals surface area contributed by atoms with Gasteiger partial charge < -0.3 is 9.26 Å². The highest BCUT2D eigenvalue weighted by molar-refractivity contribution is 5.52. The van der Waals surface area contributed by atoms with E-state index in [4.69, 9.17) is 9.26 Å². The van der Waals surface area contributed by atoms with Gasteiger partial charge in [-0.25, -0.2) is 0 Å². The summed E-state index contributed by atoms with van der Waals surface area (Å²) in [6.07, 6.45) is 1.70. The number of ether oxygens (including phenoxy) is 1. The molecule has 0 spiro atoms. The first-order chi connectivity index (χ1) is 6.40. The smallest absolute Gasteiger partial charge is 0.254 e. The van der Waals surface area contributed by atoms with Crippen molar-refractivity contribution in [3.8, 4) is 17.3 Å². The summed E-state index contributed by atoms with van der Waals surface area (Å²) >= 11 is 0. The predicted octanol–water partition coefficient (Wildman–Crippen LogP) is 1.75. The summed E-state index contributed by atoms with van der Waals surface area (Å²) in [6, 6.07) is 7.27. The van der Waals surface area contributed by atoms with Crippen molar-refractivity contribution in [2.45, 2.75) is 0 Å².